The molecule has 0 unspecified atom stereocenters. The van der Waals surface area contributed by atoms with E-state index in [2.05, 4.69) is 21.7 Å². The van der Waals surface area contributed by atoms with Crippen LogP contribution in [0, 0.1) is 10.1 Å². The van der Waals surface area contributed by atoms with Crippen LogP contribution in [0.1, 0.15) is 24.8 Å². The van der Waals surface area contributed by atoms with Crippen LogP contribution >= 0.6 is 11.3 Å². The molecule has 0 aliphatic heterocycles. The standard InChI is InChI=1S/C14H15N3O3S/c18-14(4-2-1-3-11-7-8-21-10-11)16-13-6-5-12(9-15-13)17(19)20/h5-10H,1-4H2,(H,15,16,18). The van der Waals surface area contributed by atoms with Crippen molar-refractivity contribution in [2.24, 2.45) is 0 Å². The van der Waals surface area contributed by atoms with E-state index in [0.29, 0.717) is 12.2 Å². The molecular formula is C14H15N3O3S. The van der Waals surface area contributed by atoms with Gasteiger partial charge in [0.05, 0.1) is 4.92 Å². The van der Waals surface area contributed by atoms with Crippen LogP contribution < -0.4 is 5.32 Å². The molecule has 6 nitrogen and oxygen atoms in total. The Balaban J connectivity index is 1.70. The van der Waals surface area contributed by atoms with Crippen LogP contribution in [0.2, 0.25) is 0 Å². The lowest BCUT2D eigenvalue weighted by Crippen LogP contribution is -2.12. The van der Waals surface area contributed by atoms with E-state index in [9.17, 15) is 14.9 Å². The van der Waals surface area contributed by atoms with Crippen LogP contribution in [0.5, 0.6) is 0 Å². The van der Waals surface area contributed by atoms with E-state index in [-0.39, 0.29) is 11.6 Å². The predicted molar refractivity (Wildman–Crippen MR) is 81.4 cm³/mol. The molecular weight excluding hydrogens is 290 g/mol. The van der Waals surface area contributed by atoms with Crippen LogP contribution in [0.25, 0.3) is 0 Å². The highest BCUT2D eigenvalue weighted by atomic mass is 32.1. The molecule has 110 valence electrons. The van der Waals surface area contributed by atoms with Crippen molar-refractivity contribution in [1.82, 2.24) is 4.98 Å². The number of nitrogens with zero attached hydrogens (tertiary/aromatic N) is 2. The minimum Gasteiger partial charge on any atom is -0.311 e. The van der Waals surface area contributed by atoms with Gasteiger partial charge in [0.1, 0.15) is 12.0 Å². The number of rotatable bonds is 7. The molecule has 2 aromatic heterocycles. The second kappa shape index (κ2) is 7.49. The molecule has 0 aliphatic carbocycles. The van der Waals surface area contributed by atoms with Crippen LogP contribution in [0.15, 0.2) is 35.2 Å². The number of amides is 1. The zero-order valence-electron chi connectivity index (χ0n) is 11.3. The Morgan fingerprint density at radius 1 is 1.33 bits per heavy atom. The van der Waals surface area contributed by atoms with Gasteiger partial charge in [0.2, 0.25) is 5.91 Å². The van der Waals surface area contributed by atoms with E-state index in [1.807, 2.05) is 5.38 Å². The second-order valence-electron chi connectivity index (χ2n) is 4.55. The number of unbranched alkanes of at least 4 members (excludes halogenated alkanes) is 1. The number of pyridine rings is 1. The molecule has 0 aromatic carbocycles. The summed E-state index contributed by atoms with van der Waals surface area (Å²) in [4.78, 5) is 25.5. The number of nitro groups is 1. The number of aryl methyl sites for hydroxylation is 1. The quantitative estimate of drug-likeness (QED) is 0.482. The summed E-state index contributed by atoms with van der Waals surface area (Å²) < 4.78 is 0. The third-order valence-corrected chi connectivity index (χ3v) is 3.66. The Hall–Kier alpha value is -2.28. The molecule has 1 N–H and O–H groups in total. The van der Waals surface area contributed by atoms with Gasteiger partial charge in [0.15, 0.2) is 0 Å². The Bertz CT molecular complexity index is 596. The summed E-state index contributed by atoms with van der Waals surface area (Å²) in [6.07, 6.45) is 4.29. The van der Waals surface area contributed by atoms with Gasteiger partial charge in [-0.25, -0.2) is 4.98 Å². The van der Waals surface area contributed by atoms with Crippen molar-refractivity contribution < 1.29 is 9.72 Å². The normalized spacial score (nSPS) is 10.3. The molecule has 0 radical (unpaired) electrons. The number of thiophene rings is 1. The number of carbonyl (C=O) groups is 1. The van der Waals surface area contributed by atoms with Gasteiger partial charge in [0.25, 0.3) is 5.69 Å². The smallest absolute Gasteiger partial charge is 0.287 e. The van der Waals surface area contributed by atoms with Crippen LogP contribution in [0.4, 0.5) is 11.5 Å². The van der Waals surface area contributed by atoms with Crippen molar-refractivity contribution >= 4 is 28.7 Å². The molecule has 0 bridgehead atoms. The number of carbonyl (C=O) groups excluding carboxylic acids is 1. The van der Waals surface area contributed by atoms with Crippen molar-refractivity contribution in [3.63, 3.8) is 0 Å². The van der Waals surface area contributed by atoms with E-state index in [1.165, 1.54) is 17.7 Å². The van der Waals surface area contributed by atoms with E-state index in [1.54, 1.807) is 11.3 Å². The maximum atomic E-state index is 11.7. The number of nitrogens with one attached hydrogen (secondary N) is 1. The van der Waals surface area contributed by atoms with Crippen molar-refractivity contribution in [2.75, 3.05) is 5.32 Å². The first-order chi connectivity index (χ1) is 10.1. The third-order valence-electron chi connectivity index (χ3n) is 2.93. The molecule has 2 rings (SSSR count). The molecule has 0 fully saturated rings. The Kier molecular flexibility index (Phi) is 5.39. The largest absolute Gasteiger partial charge is 0.311 e. The molecule has 0 saturated heterocycles. The predicted octanol–water partition coefficient (Wildman–Crippen LogP) is 3.40. The SMILES string of the molecule is O=C(CCCCc1ccsc1)Nc1ccc([N+](=O)[O-])cn1. The Labute approximate surface area is 126 Å². The van der Waals surface area contributed by atoms with Crippen molar-refractivity contribution in [3.05, 3.63) is 50.8 Å². The van der Waals surface area contributed by atoms with Crippen molar-refractivity contribution in [2.45, 2.75) is 25.7 Å². The summed E-state index contributed by atoms with van der Waals surface area (Å²) in [5.41, 5.74) is 1.21. The number of hydrogen-bond donors (Lipinski definition) is 1. The lowest BCUT2D eigenvalue weighted by Gasteiger charge is -2.04. The van der Waals surface area contributed by atoms with E-state index in [4.69, 9.17) is 0 Å². The minimum atomic E-state index is -0.525. The van der Waals surface area contributed by atoms with Gasteiger partial charge < -0.3 is 5.32 Å². The first kappa shape index (κ1) is 15.1. The van der Waals surface area contributed by atoms with Gasteiger partial charge in [-0.3, -0.25) is 14.9 Å². The molecule has 0 atom stereocenters. The number of hydrogen-bond acceptors (Lipinski definition) is 5. The monoisotopic (exact) mass is 305 g/mol. The first-order valence-electron chi connectivity index (χ1n) is 6.56. The number of anilines is 1. The fourth-order valence-electron chi connectivity index (χ4n) is 1.82. The highest BCUT2D eigenvalue weighted by molar-refractivity contribution is 7.07. The summed E-state index contributed by atoms with van der Waals surface area (Å²) in [5, 5.41) is 17.3. The lowest BCUT2D eigenvalue weighted by molar-refractivity contribution is -0.385. The van der Waals surface area contributed by atoms with Gasteiger partial charge in [-0.1, -0.05) is 0 Å². The van der Waals surface area contributed by atoms with E-state index in [0.717, 1.165) is 25.5 Å². The summed E-state index contributed by atoms with van der Waals surface area (Å²) in [6, 6.07) is 4.84. The van der Waals surface area contributed by atoms with Crippen LogP contribution in [-0.4, -0.2) is 15.8 Å². The maximum absolute atomic E-state index is 11.7. The van der Waals surface area contributed by atoms with Gasteiger partial charge >= 0.3 is 0 Å². The Morgan fingerprint density at radius 2 is 2.19 bits per heavy atom. The summed E-state index contributed by atoms with van der Waals surface area (Å²) in [6.45, 7) is 0. The average molecular weight is 305 g/mol. The summed E-state index contributed by atoms with van der Waals surface area (Å²) >= 11 is 1.67. The molecule has 21 heavy (non-hydrogen) atoms. The van der Waals surface area contributed by atoms with Crippen LogP contribution in [-0.2, 0) is 11.2 Å². The molecule has 0 spiro atoms. The molecule has 2 heterocycles. The van der Waals surface area contributed by atoms with Gasteiger partial charge in [-0.15, -0.1) is 0 Å². The zero-order chi connectivity index (χ0) is 15.1. The third kappa shape index (κ3) is 4.96. The highest BCUT2D eigenvalue weighted by Gasteiger charge is 2.07. The first-order valence-corrected chi connectivity index (χ1v) is 7.51. The summed E-state index contributed by atoms with van der Waals surface area (Å²) in [5.74, 6) is 0.213. The Morgan fingerprint density at radius 3 is 2.81 bits per heavy atom. The molecule has 0 aliphatic rings. The summed E-state index contributed by atoms with van der Waals surface area (Å²) in [7, 11) is 0. The van der Waals surface area contributed by atoms with Crippen molar-refractivity contribution in [1.29, 1.82) is 0 Å². The van der Waals surface area contributed by atoms with Gasteiger partial charge in [0, 0.05) is 12.5 Å². The molecule has 2 aromatic rings. The maximum Gasteiger partial charge on any atom is 0.287 e. The van der Waals surface area contributed by atoms with Crippen molar-refractivity contribution in [3.8, 4) is 0 Å². The zero-order valence-corrected chi connectivity index (χ0v) is 12.1. The average Bonchev–Trinajstić information content (AvgIpc) is 2.97. The highest BCUT2D eigenvalue weighted by Crippen LogP contribution is 2.13. The minimum absolute atomic E-state index is 0.0937. The lowest BCUT2D eigenvalue weighted by atomic mass is 10.1. The molecule has 0 saturated carbocycles. The second-order valence-corrected chi connectivity index (χ2v) is 5.33. The van der Waals surface area contributed by atoms with Gasteiger partial charge in [-0.05, 0) is 47.7 Å². The van der Waals surface area contributed by atoms with Gasteiger partial charge in [-0.2, -0.15) is 11.3 Å². The fraction of sp³-hybridized carbons (Fsp3) is 0.286. The fourth-order valence-corrected chi connectivity index (χ4v) is 2.53. The topological polar surface area (TPSA) is 85.1 Å². The van der Waals surface area contributed by atoms with E-state index < -0.39 is 4.92 Å². The van der Waals surface area contributed by atoms with E-state index >= 15 is 0 Å². The van der Waals surface area contributed by atoms with Crippen LogP contribution in [0.3, 0.4) is 0 Å². The molecule has 7 heteroatoms. The number of aromatic nitrogens is 1. The molecule has 1 amide bonds.